The monoisotopic (exact) mass is 456 g/mol. The summed E-state index contributed by atoms with van der Waals surface area (Å²) >= 11 is 0. The van der Waals surface area contributed by atoms with Crippen LogP contribution in [-0.4, -0.2) is 55.4 Å². The first kappa shape index (κ1) is 21.5. The molecule has 3 N–H and O–H groups in total. The van der Waals surface area contributed by atoms with Gasteiger partial charge in [0.1, 0.15) is 24.3 Å². The van der Waals surface area contributed by atoms with Gasteiger partial charge >= 0.3 is 5.69 Å². The molecule has 2 aromatic carbocycles. The lowest BCUT2D eigenvalue weighted by Gasteiger charge is -2.37. The lowest BCUT2D eigenvalue weighted by Crippen LogP contribution is -2.45. The second-order valence-corrected chi connectivity index (χ2v) is 8.42. The van der Waals surface area contributed by atoms with Crippen LogP contribution in [0.4, 0.5) is 4.39 Å². The molecule has 33 heavy (non-hydrogen) atoms. The molecule has 0 amide bonds. The highest BCUT2D eigenvalue weighted by molar-refractivity contribution is 5.81. The van der Waals surface area contributed by atoms with Crippen molar-refractivity contribution in [3.63, 3.8) is 0 Å². The van der Waals surface area contributed by atoms with E-state index in [1.165, 1.54) is 24.3 Å². The van der Waals surface area contributed by atoms with Crippen molar-refractivity contribution in [1.82, 2.24) is 19.4 Å². The lowest BCUT2D eigenvalue weighted by molar-refractivity contribution is 0.0192. The molecule has 3 heterocycles. The van der Waals surface area contributed by atoms with E-state index in [1.807, 2.05) is 4.90 Å². The van der Waals surface area contributed by atoms with Crippen LogP contribution in [0, 0.1) is 12.7 Å². The highest BCUT2D eigenvalue weighted by Crippen LogP contribution is 2.31. The third-order valence-corrected chi connectivity index (χ3v) is 5.98. The first-order valence-corrected chi connectivity index (χ1v) is 10.9. The Labute approximate surface area is 188 Å². The molecule has 1 aliphatic heterocycles. The molecule has 9 nitrogen and oxygen atoms in total. The Bertz CT molecular complexity index is 1360. The van der Waals surface area contributed by atoms with Gasteiger partial charge < -0.3 is 24.4 Å². The predicted octanol–water partition coefficient (Wildman–Crippen LogP) is 3.05. The van der Waals surface area contributed by atoms with Crippen LogP contribution in [0.3, 0.4) is 0 Å². The van der Waals surface area contributed by atoms with Crippen molar-refractivity contribution < 1.29 is 23.8 Å². The normalized spacial score (nSPS) is 18.2. The van der Waals surface area contributed by atoms with Crippen LogP contribution in [0.2, 0.25) is 0 Å². The number of hydrogen-bond donors (Lipinski definition) is 3. The SMILES string of the molecule is Cc1nc2c(OC[C@@H](O)CN3CCCCC3n3c(=O)[nH]c4cc(F)ccc43)cc(O)cc2o1. The van der Waals surface area contributed by atoms with E-state index in [1.54, 1.807) is 17.6 Å². The van der Waals surface area contributed by atoms with Crippen molar-refractivity contribution in [3.05, 3.63) is 52.5 Å². The Morgan fingerprint density at radius 1 is 1.33 bits per heavy atom. The number of H-pyrrole nitrogens is 1. The molecule has 5 rings (SSSR count). The Morgan fingerprint density at radius 2 is 2.18 bits per heavy atom. The van der Waals surface area contributed by atoms with Gasteiger partial charge in [-0.25, -0.2) is 14.2 Å². The van der Waals surface area contributed by atoms with Crippen molar-refractivity contribution in [2.75, 3.05) is 19.7 Å². The molecule has 1 saturated heterocycles. The van der Waals surface area contributed by atoms with Crippen molar-refractivity contribution in [3.8, 4) is 11.5 Å². The van der Waals surface area contributed by atoms with Crippen LogP contribution in [0.5, 0.6) is 11.5 Å². The van der Waals surface area contributed by atoms with E-state index in [0.717, 1.165) is 19.3 Å². The fourth-order valence-electron chi connectivity index (χ4n) is 4.59. The maximum Gasteiger partial charge on any atom is 0.327 e. The number of fused-ring (bicyclic) bond motifs is 2. The summed E-state index contributed by atoms with van der Waals surface area (Å²) in [5, 5.41) is 20.6. The molecule has 1 unspecified atom stereocenters. The average Bonchev–Trinajstić information content (AvgIpc) is 3.30. The van der Waals surface area contributed by atoms with Crippen LogP contribution in [0.25, 0.3) is 22.1 Å². The quantitative estimate of drug-likeness (QED) is 0.408. The number of aliphatic hydroxyl groups excluding tert-OH is 1. The van der Waals surface area contributed by atoms with Gasteiger partial charge in [0.05, 0.1) is 17.2 Å². The van der Waals surface area contributed by atoms with Crippen molar-refractivity contribution >= 4 is 22.1 Å². The summed E-state index contributed by atoms with van der Waals surface area (Å²) in [4.78, 5) is 21.7. The first-order valence-electron chi connectivity index (χ1n) is 10.9. The van der Waals surface area contributed by atoms with Gasteiger partial charge in [0, 0.05) is 32.1 Å². The number of aryl methyl sites for hydroxylation is 1. The number of oxazole rings is 1. The minimum absolute atomic E-state index is 0.0191. The van der Waals surface area contributed by atoms with Crippen molar-refractivity contribution in [2.24, 2.45) is 0 Å². The minimum atomic E-state index is -0.852. The van der Waals surface area contributed by atoms with Crippen LogP contribution in [0.1, 0.15) is 31.3 Å². The number of hydrogen-bond acceptors (Lipinski definition) is 7. The molecular weight excluding hydrogens is 431 g/mol. The number of aliphatic hydroxyl groups is 1. The molecule has 0 spiro atoms. The molecule has 0 saturated carbocycles. The molecule has 4 aromatic rings. The third-order valence-electron chi connectivity index (χ3n) is 5.98. The average molecular weight is 456 g/mol. The number of β-amino-alcohol motifs (C(OH)–C–C–N with tert-alkyl or cyclic N) is 1. The van der Waals surface area contributed by atoms with Crippen LogP contribution in [0.15, 0.2) is 39.5 Å². The number of piperidine rings is 1. The number of nitrogens with zero attached hydrogens (tertiary/aromatic N) is 3. The molecule has 0 radical (unpaired) electrons. The molecule has 0 bridgehead atoms. The number of likely N-dealkylation sites (tertiary alicyclic amines) is 1. The Kier molecular flexibility index (Phi) is 5.55. The number of aromatic nitrogens is 3. The standard InChI is InChI=1S/C23H25FN4O5/c1-13-25-22-19(9-15(29)10-20(22)33-13)32-12-16(30)11-27-7-3-2-4-21(27)28-18-6-5-14(24)8-17(18)26-23(28)31/h5-6,8-10,16,21,29-30H,2-4,7,11-12H2,1H3,(H,26,31)/t16-,21?/m0/s1. The number of phenolic OH excluding ortho intramolecular Hbond substituents is 1. The van der Waals surface area contributed by atoms with Gasteiger partial charge in [-0.1, -0.05) is 0 Å². The second kappa shape index (κ2) is 8.53. The number of aromatic hydroxyl groups is 1. The summed E-state index contributed by atoms with van der Waals surface area (Å²) in [5.74, 6) is 0.342. The lowest BCUT2D eigenvalue weighted by atomic mass is 10.1. The number of imidazole rings is 1. The fourth-order valence-corrected chi connectivity index (χ4v) is 4.59. The maximum atomic E-state index is 13.6. The smallest absolute Gasteiger partial charge is 0.327 e. The number of aromatic amines is 1. The molecule has 2 atom stereocenters. The molecule has 1 fully saturated rings. The van der Waals surface area contributed by atoms with E-state index >= 15 is 0 Å². The zero-order chi connectivity index (χ0) is 23.1. The van der Waals surface area contributed by atoms with Crippen LogP contribution >= 0.6 is 0 Å². The molecule has 174 valence electrons. The van der Waals surface area contributed by atoms with E-state index in [9.17, 15) is 19.4 Å². The van der Waals surface area contributed by atoms with Gasteiger partial charge in [-0.05, 0) is 37.5 Å². The number of phenols is 1. The van der Waals surface area contributed by atoms with Gasteiger partial charge in [0.25, 0.3) is 0 Å². The largest absolute Gasteiger partial charge is 0.508 e. The summed E-state index contributed by atoms with van der Waals surface area (Å²) in [5.41, 5.74) is 1.66. The van der Waals surface area contributed by atoms with Crippen molar-refractivity contribution in [1.29, 1.82) is 0 Å². The highest BCUT2D eigenvalue weighted by Gasteiger charge is 2.28. The molecule has 10 heteroatoms. The summed E-state index contributed by atoms with van der Waals surface area (Å²) < 4.78 is 26.5. The molecule has 0 aliphatic carbocycles. The van der Waals surface area contributed by atoms with E-state index < -0.39 is 11.9 Å². The van der Waals surface area contributed by atoms with Gasteiger partial charge in [0.15, 0.2) is 22.7 Å². The van der Waals surface area contributed by atoms with Gasteiger partial charge in [-0.3, -0.25) is 9.47 Å². The number of benzene rings is 2. The number of ether oxygens (including phenoxy) is 1. The van der Waals surface area contributed by atoms with Gasteiger partial charge in [0.2, 0.25) is 0 Å². The second-order valence-electron chi connectivity index (χ2n) is 8.42. The third kappa shape index (κ3) is 4.19. The fraction of sp³-hybridized carbons (Fsp3) is 0.391. The highest BCUT2D eigenvalue weighted by atomic mass is 19.1. The van der Waals surface area contributed by atoms with Crippen LogP contribution in [-0.2, 0) is 0 Å². The zero-order valence-corrected chi connectivity index (χ0v) is 18.1. The van der Waals surface area contributed by atoms with Gasteiger partial charge in [-0.15, -0.1) is 0 Å². The van der Waals surface area contributed by atoms with E-state index in [-0.39, 0.29) is 30.8 Å². The van der Waals surface area contributed by atoms with E-state index in [4.69, 9.17) is 9.15 Å². The number of halogens is 1. The van der Waals surface area contributed by atoms with Gasteiger partial charge in [-0.2, -0.15) is 0 Å². The van der Waals surface area contributed by atoms with Crippen LogP contribution < -0.4 is 10.4 Å². The Morgan fingerprint density at radius 3 is 3.03 bits per heavy atom. The van der Waals surface area contributed by atoms with E-state index in [2.05, 4.69) is 9.97 Å². The molecule has 2 aromatic heterocycles. The first-order chi connectivity index (χ1) is 15.9. The Hall–Kier alpha value is -3.37. The predicted molar refractivity (Wildman–Crippen MR) is 119 cm³/mol. The zero-order valence-electron chi connectivity index (χ0n) is 18.1. The van der Waals surface area contributed by atoms with E-state index in [0.29, 0.717) is 40.3 Å². The van der Waals surface area contributed by atoms with Crippen molar-refractivity contribution in [2.45, 2.75) is 38.5 Å². The molecular formula is C23H25FN4O5. The molecule has 1 aliphatic rings. The maximum absolute atomic E-state index is 13.6. The summed E-state index contributed by atoms with van der Waals surface area (Å²) in [7, 11) is 0. The topological polar surface area (TPSA) is 117 Å². The summed E-state index contributed by atoms with van der Waals surface area (Å²) in [6, 6.07) is 7.14. The number of nitrogens with one attached hydrogen (secondary N) is 1. The number of rotatable bonds is 6. The Balaban J connectivity index is 1.33. The minimum Gasteiger partial charge on any atom is -0.508 e. The summed E-state index contributed by atoms with van der Waals surface area (Å²) in [6.45, 7) is 2.67. The summed E-state index contributed by atoms with van der Waals surface area (Å²) in [6.07, 6.45) is 1.52.